The molecule has 30 nitrogen and oxygen atoms in total. The van der Waals surface area contributed by atoms with Gasteiger partial charge in [0.05, 0.1) is 74.0 Å². The highest BCUT2D eigenvalue weighted by Gasteiger charge is 2.36. The number of aromatic nitrogens is 1. The van der Waals surface area contributed by atoms with Crippen molar-refractivity contribution in [2.75, 3.05) is 97.1 Å². The van der Waals surface area contributed by atoms with Crippen molar-refractivity contribution < 1.29 is 112 Å². The van der Waals surface area contributed by atoms with Gasteiger partial charge in [0.1, 0.15) is 31.2 Å². The number of carbonyl (C=O) groups excluding carboxylic acids is 8. The van der Waals surface area contributed by atoms with Crippen LogP contribution in [0.3, 0.4) is 0 Å². The molecule has 88 heavy (non-hydrogen) atoms. The number of cyclic esters (lactones) is 3. The molecule has 0 spiro atoms. The second-order valence-corrected chi connectivity index (χ2v) is 20.1. The number of para-hydroxylation sites is 2. The highest BCUT2D eigenvalue weighted by atomic mass is 19.1. The van der Waals surface area contributed by atoms with Crippen molar-refractivity contribution in [3.63, 3.8) is 0 Å². The summed E-state index contributed by atoms with van der Waals surface area (Å²) < 4.78 is 49.3. The number of hydrogen-bond donors (Lipinski definition) is 11. The van der Waals surface area contributed by atoms with Gasteiger partial charge < -0.3 is 99.8 Å². The molecule has 4 aromatic carbocycles. The zero-order chi connectivity index (χ0) is 63.3. The number of carbonyl (C=O) groups is 9. The number of esters is 3. The third-order valence-corrected chi connectivity index (χ3v) is 14.0. The third kappa shape index (κ3) is 15.6. The van der Waals surface area contributed by atoms with Gasteiger partial charge in [-0.2, -0.15) is 0 Å². The van der Waals surface area contributed by atoms with Crippen LogP contribution in [0.15, 0.2) is 71.7 Å². The standard InChI is InChI=1S/C57H60FN7O23/c58-36-23-33-40(65(30-7-8-30)25-35(46(33)70)54(78)79)24-41(36)63-11-13-64(14-12-63)45(69)9-15-83-17-19-85-20-18-84-16-10-59-50(74)29-21-34(49(73)44(68)22-29)53(77)62-39-28-88-56(81)37(60-51(75)31-3-1-5-42(66)47(31)71)26-86-55(80)38(27-87-57(39)82)61-52(76)32-4-2-6-43(67)48(32)72/h1-6,21-25,30,37-39,66-68,71-73H,7-20,26-28H2,(H,59,74)(H,60,75)(H,61,76)(H,62,77)(H,78,79)/t37-,38-,39-/m0/s1. The average molecular weight is 1230 g/mol. The van der Waals surface area contributed by atoms with Crippen molar-refractivity contribution in [1.82, 2.24) is 30.7 Å². The summed E-state index contributed by atoms with van der Waals surface area (Å²) in [6.45, 7) is -1.43. The number of phenolic OH excluding ortho intramolecular Hbond substituents is 6. The number of carboxylic acid groups (broad SMARTS) is 1. The van der Waals surface area contributed by atoms with Crippen LogP contribution in [0.2, 0.25) is 0 Å². The van der Waals surface area contributed by atoms with E-state index in [1.807, 2.05) is 0 Å². The van der Waals surface area contributed by atoms with Gasteiger partial charge in [-0.3, -0.25) is 28.8 Å². The molecule has 3 aliphatic rings. The summed E-state index contributed by atoms with van der Waals surface area (Å²) in [5.74, 6) is -16.3. The van der Waals surface area contributed by atoms with Gasteiger partial charge in [0.15, 0.2) is 52.6 Å². The van der Waals surface area contributed by atoms with Crippen LogP contribution < -0.4 is 31.6 Å². The fourth-order valence-corrected chi connectivity index (χ4v) is 9.17. The smallest absolute Gasteiger partial charge is 0.341 e. The van der Waals surface area contributed by atoms with Gasteiger partial charge in [-0.25, -0.2) is 23.6 Å². The number of carboxylic acids is 1. The third-order valence-electron chi connectivity index (χ3n) is 14.0. The van der Waals surface area contributed by atoms with E-state index in [1.165, 1.54) is 18.3 Å². The number of anilines is 1. The summed E-state index contributed by atoms with van der Waals surface area (Å²) in [6, 6.07) is 5.00. The Bertz CT molecular complexity index is 3520. The summed E-state index contributed by atoms with van der Waals surface area (Å²) in [6.07, 6.45) is 3.02. The highest BCUT2D eigenvalue weighted by Crippen LogP contribution is 2.39. The molecule has 0 bridgehead atoms. The molecule has 1 aliphatic carbocycles. The quantitative estimate of drug-likeness (QED) is 0.0192. The molecule has 3 heterocycles. The van der Waals surface area contributed by atoms with Crippen LogP contribution in [0.25, 0.3) is 10.9 Å². The van der Waals surface area contributed by atoms with Gasteiger partial charge in [-0.1, -0.05) is 12.1 Å². The Morgan fingerprint density at radius 3 is 1.57 bits per heavy atom. The number of aromatic hydroxyl groups is 6. The lowest BCUT2D eigenvalue weighted by atomic mass is 10.1. The van der Waals surface area contributed by atoms with Crippen molar-refractivity contribution in [2.45, 2.75) is 43.4 Å². The maximum atomic E-state index is 15.4. The monoisotopic (exact) mass is 1230 g/mol. The molecule has 0 unspecified atom stereocenters. The van der Waals surface area contributed by atoms with Crippen molar-refractivity contribution in [3.05, 3.63) is 111 Å². The number of hydrogen-bond acceptors (Lipinski definition) is 23. The Hall–Kier alpha value is -10.3. The molecule has 31 heteroatoms. The van der Waals surface area contributed by atoms with Gasteiger partial charge in [-0.05, 0) is 61.4 Å². The van der Waals surface area contributed by atoms with E-state index in [0.29, 0.717) is 31.7 Å². The lowest BCUT2D eigenvalue weighted by molar-refractivity contribution is -0.160. The number of aromatic carboxylic acids is 1. The second-order valence-electron chi connectivity index (χ2n) is 20.1. The van der Waals surface area contributed by atoms with Crippen LogP contribution in [0.1, 0.15) is 77.1 Å². The molecule has 5 amide bonds. The molecule has 2 saturated heterocycles. The van der Waals surface area contributed by atoms with Crippen LogP contribution >= 0.6 is 0 Å². The fraction of sp³-hybridized carbons (Fsp3) is 0.368. The molecule has 2 aliphatic heterocycles. The Kier molecular flexibility index (Phi) is 20.8. The van der Waals surface area contributed by atoms with Crippen LogP contribution in [-0.2, 0) is 47.6 Å². The number of rotatable bonds is 22. The van der Waals surface area contributed by atoms with E-state index in [9.17, 15) is 83.7 Å². The topological polar surface area (TPSA) is 427 Å². The van der Waals surface area contributed by atoms with Crippen molar-refractivity contribution >= 4 is 70.0 Å². The number of amides is 5. The molecule has 8 rings (SSSR count). The molecule has 0 radical (unpaired) electrons. The number of nitrogens with one attached hydrogen (secondary N) is 4. The molecule has 1 saturated carbocycles. The Morgan fingerprint density at radius 1 is 0.568 bits per heavy atom. The lowest BCUT2D eigenvalue weighted by Crippen LogP contribution is -2.52. The zero-order valence-electron chi connectivity index (χ0n) is 46.6. The summed E-state index contributed by atoms with van der Waals surface area (Å²) >= 11 is 0. The number of halogens is 1. The molecule has 1 aromatic heterocycles. The number of fused-ring (bicyclic) bond motifs is 1. The van der Waals surface area contributed by atoms with E-state index < -0.39 is 153 Å². The molecule has 3 atom stereocenters. The van der Waals surface area contributed by atoms with E-state index in [2.05, 4.69) is 21.3 Å². The van der Waals surface area contributed by atoms with E-state index in [4.69, 9.17) is 28.4 Å². The molecular formula is C57H60FN7O23. The van der Waals surface area contributed by atoms with Crippen molar-refractivity contribution in [3.8, 4) is 34.5 Å². The normalized spacial score (nSPS) is 17.3. The summed E-state index contributed by atoms with van der Waals surface area (Å²) in [5.41, 5.74) is -2.71. The predicted molar refractivity (Wildman–Crippen MR) is 298 cm³/mol. The first kappa shape index (κ1) is 63.7. The minimum absolute atomic E-state index is 0.00565. The van der Waals surface area contributed by atoms with Gasteiger partial charge in [0.25, 0.3) is 23.6 Å². The fourth-order valence-electron chi connectivity index (χ4n) is 9.17. The Labute approximate surface area is 496 Å². The maximum Gasteiger partial charge on any atom is 0.341 e. The minimum atomic E-state index is -2.04. The average Bonchev–Trinajstić information content (AvgIpc) is 1.40. The SMILES string of the molecule is O=C(NCCOCCOCCOCCC(=O)N1CCN(c2cc3c(cc2F)c(=O)c(C(=O)O)cn3C2CC2)CC1)c1cc(O)c(O)c(C(=O)N[C@H]2COC(=O)[C@@H](NC(=O)c3cccc(O)c3O)COC(=O)[C@@H](NC(=O)c3cccc(O)c3O)COC2=O)c1. The largest absolute Gasteiger partial charge is 0.504 e. The van der Waals surface area contributed by atoms with Crippen LogP contribution in [0.5, 0.6) is 34.5 Å². The van der Waals surface area contributed by atoms with Crippen LogP contribution in [0, 0.1) is 5.82 Å². The van der Waals surface area contributed by atoms with Crippen LogP contribution in [-0.4, -0.2) is 209 Å². The number of phenols is 6. The second kappa shape index (κ2) is 28.7. The first-order valence-corrected chi connectivity index (χ1v) is 27.3. The Balaban J connectivity index is 0.768. The van der Waals surface area contributed by atoms with E-state index in [0.717, 1.165) is 55.3 Å². The summed E-state index contributed by atoms with van der Waals surface area (Å²) in [7, 11) is 0. The van der Waals surface area contributed by atoms with E-state index in [1.54, 1.807) is 20.4 Å². The minimum Gasteiger partial charge on any atom is -0.504 e. The van der Waals surface area contributed by atoms with Crippen LogP contribution in [0.4, 0.5) is 10.1 Å². The predicted octanol–water partition coefficient (Wildman–Crippen LogP) is 0.265. The number of ether oxygens (including phenoxy) is 6. The van der Waals surface area contributed by atoms with Gasteiger partial charge >= 0.3 is 23.9 Å². The summed E-state index contributed by atoms with van der Waals surface area (Å²) in [4.78, 5) is 135. The van der Waals surface area contributed by atoms with Crippen molar-refractivity contribution in [1.29, 1.82) is 0 Å². The molecule has 468 valence electrons. The van der Waals surface area contributed by atoms with Gasteiger partial charge in [0, 0.05) is 55.9 Å². The first-order valence-electron chi connectivity index (χ1n) is 27.3. The lowest BCUT2D eigenvalue weighted by Gasteiger charge is -2.36. The number of nitrogens with zero attached hydrogens (tertiary/aromatic N) is 3. The number of pyridine rings is 1. The molecule has 11 N–H and O–H groups in total. The molecule has 5 aromatic rings. The Morgan fingerprint density at radius 2 is 1.06 bits per heavy atom. The zero-order valence-corrected chi connectivity index (χ0v) is 46.6. The van der Waals surface area contributed by atoms with Gasteiger partial charge in [0.2, 0.25) is 11.3 Å². The number of piperazine rings is 1. The molecule has 3 fully saturated rings. The number of benzene rings is 4. The van der Waals surface area contributed by atoms with Crippen molar-refractivity contribution in [2.24, 2.45) is 0 Å². The van der Waals surface area contributed by atoms with E-state index in [-0.39, 0.29) is 81.2 Å². The maximum absolute atomic E-state index is 15.4. The highest BCUT2D eigenvalue weighted by molar-refractivity contribution is 6.04. The van der Waals surface area contributed by atoms with E-state index >= 15 is 4.39 Å². The van der Waals surface area contributed by atoms with Gasteiger partial charge in [-0.15, -0.1) is 0 Å². The molecular weight excluding hydrogens is 1170 g/mol. The summed E-state index contributed by atoms with van der Waals surface area (Å²) in [5, 5.41) is 80.1. The first-order chi connectivity index (χ1) is 42.1.